The highest BCUT2D eigenvalue weighted by Gasteiger charge is 2.21. The number of carbonyl (C=O) groups excluding carboxylic acids is 1. The maximum atomic E-state index is 13.0. The second-order valence-corrected chi connectivity index (χ2v) is 9.64. The summed E-state index contributed by atoms with van der Waals surface area (Å²) in [6.07, 6.45) is 0. The van der Waals surface area contributed by atoms with Crippen molar-refractivity contribution in [3.63, 3.8) is 0 Å². The molecule has 3 N–H and O–H groups in total. The van der Waals surface area contributed by atoms with Crippen LogP contribution in [0.15, 0.2) is 58.2 Å². The molecule has 2 aromatic carbocycles. The molecule has 0 aliphatic heterocycles. The molecule has 0 spiro atoms. The van der Waals surface area contributed by atoms with Crippen LogP contribution in [-0.4, -0.2) is 29.1 Å². The number of halogens is 1. The van der Waals surface area contributed by atoms with Crippen LogP contribution in [0.2, 0.25) is 5.02 Å². The van der Waals surface area contributed by atoms with Crippen LogP contribution in [0.1, 0.15) is 21.6 Å². The molecular weight excluding hydrogens is 466 g/mol. The summed E-state index contributed by atoms with van der Waals surface area (Å²) in [4.78, 5) is 29.7. The Morgan fingerprint density at radius 3 is 2.42 bits per heavy atom. The topological polar surface area (TPSA) is 126 Å². The highest BCUT2D eigenvalue weighted by molar-refractivity contribution is 7.92. The fourth-order valence-corrected chi connectivity index (χ4v) is 4.91. The molecule has 2 heterocycles. The van der Waals surface area contributed by atoms with Gasteiger partial charge in [0.15, 0.2) is 5.65 Å². The Labute approximate surface area is 194 Å². The lowest BCUT2D eigenvalue weighted by molar-refractivity contribution is 0.102. The Morgan fingerprint density at radius 2 is 1.73 bits per heavy atom. The smallest absolute Gasteiger partial charge is 0.274 e. The zero-order valence-corrected chi connectivity index (χ0v) is 19.5. The molecule has 0 unspecified atom stereocenters. The number of pyridine rings is 1. The van der Waals surface area contributed by atoms with Gasteiger partial charge in [-0.1, -0.05) is 17.7 Å². The van der Waals surface area contributed by atoms with Crippen molar-refractivity contribution in [2.75, 3.05) is 10.0 Å². The average Bonchev–Trinajstić information content (AvgIpc) is 3.03. The molecule has 0 saturated heterocycles. The van der Waals surface area contributed by atoms with Crippen molar-refractivity contribution in [2.45, 2.75) is 18.7 Å². The number of amides is 1. The van der Waals surface area contributed by atoms with E-state index in [2.05, 4.69) is 20.1 Å². The molecule has 9 nitrogen and oxygen atoms in total. The molecule has 0 bridgehead atoms. The van der Waals surface area contributed by atoms with Crippen molar-refractivity contribution in [3.8, 4) is 0 Å². The van der Waals surface area contributed by atoms with E-state index >= 15 is 0 Å². The van der Waals surface area contributed by atoms with E-state index in [0.717, 1.165) is 0 Å². The maximum absolute atomic E-state index is 13.0. The van der Waals surface area contributed by atoms with Crippen LogP contribution in [0.4, 0.5) is 11.4 Å². The van der Waals surface area contributed by atoms with Crippen molar-refractivity contribution in [3.05, 3.63) is 80.7 Å². The van der Waals surface area contributed by atoms with Crippen molar-refractivity contribution in [1.29, 1.82) is 0 Å². The number of aromatic nitrogens is 3. The van der Waals surface area contributed by atoms with E-state index < -0.39 is 21.5 Å². The van der Waals surface area contributed by atoms with E-state index in [1.54, 1.807) is 57.3 Å². The van der Waals surface area contributed by atoms with Crippen LogP contribution in [0, 0.1) is 13.8 Å². The molecule has 0 atom stereocenters. The second kappa shape index (κ2) is 8.38. The summed E-state index contributed by atoms with van der Waals surface area (Å²) >= 11 is 5.86. The van der Waals surface area contributed by atoms with Crippen LogP contribution in [-0.2, 0) is 17.1 Å². The number of H-pyrrole nitrogens is 1. The van der Waals surface area contributed by atoms with Gasteiger partial charge in [-0.2, -0.15) is 0 Å². The lowest BCUT2D eigenvalue weighted by atomic mass is 10.1. The predicted molar refractivity (Wildman–Crippen MR) is 127 cm³/mol. The third-order valence-electron chi connectivity index (χ3n) is 5.02. The van der Waals surface area contributed by atoms with Gasteiger partial charge in [0, 0.05) is 29.1 Å². The minimum absolute atomic E-state index is 0.00358. The first-order valence-corrected chi connectivity index (χ1v) is 11.7. The second-order valence-electron chi connectivity index (χ2n) is 7.56. The van der Waals surface area contributed by atoms with E-state index in [1.165, 1.54) is 16.8 Å². The molecule has 4 aromatic rings. The minimum Gasteiger partial charge on any atom is -0.322 e. The van der Waals surface area contributed by atoms with Gasteiger partial charge in [0.25, 0.3) is 21.5 Å². The number of nitrogens with zero attached hydrogens (tertiary/aromatic N) is 2. The number of nitrogens with one attached hydrogen (secondary N) is 3. The number of aromatic amines is 1. The third kappa shape index (κ3) is 4.48. The summed E-state index contributed by atoms with van der Waals surface area (Å²) < 4.78 is 29.9. The molecule has 0 aliphatic carbocycles. The number of fused-ring (bicyclic) bond motifs is 1. The SMILES string of the molecule is Cc1cc(C(=O)Nc2ccc(C)c(S(=O)(=O)Nc3ccc(Cl)cc3)c2)c2c(=O)[nH]n(C)c2n1. The Kier molecular flexibility index (Phi) is 5.73. The van der Waals surface area contributed by atoms with E-state index in [9.17, 15) is 18.0 Å². The molecule has 0 aliphatic rings. The van der Waals surface area contributed by atoms with Gasteiger partial charge in [0.2, 0.25) is 0 Å². The molecule has 0 radical (unpaired) electrons. The van der Waals surface area contributed by atoms with Crippen LogP contribution >= 0.6 is 11.6 Å². The molecule has 0 fully saturated rings. The zero-order chi connectivity index (χ0) is 23.9. The van der Waals surface area contributed by atoms with Gasteiger partial charge in [-0.15, -0.1) is 0 Å². The molecule has 33 heavy (non-hydrogen) atoms. The molecule has 11 heteroatoms. The quantitative estimate of drug-likeness (QED) is 0.398. The molecule has 1 amide bonds. The number of hydrogen-bond donors (Lipinski definition) is 3. The number of sulfonamides is 1. The van der Waals surface area contributed by atoms with E-state index in [-0.39, 0.29) is 21.5 Å². The largest absolute Gasteiger partial charge is 0.322 e. The number of carbonyl (C=O) groups is 1. The Bertz CT molecular complexity index is 1560. The minimum atomic E-state index is -3.94. The fourth-order valence-electron chi connectivity index (χ4n) is 3.46. The van der Waals surface area contributed by atoms with Gasteiger partial charge in [0.05, 0.1) is 15.8 Å². The fraction of sp³-hybridized carbons (Fsp3) is 0.136. The molecule has 170 valence electrons. The summed E-state index contributed by atoms with van der Waals surface area (Å²) in [5.41, 5.74) is 1.72. The lowest BCUT2D eigenvalue weighted by Crippen LogP contribution is -2.17. The maximum Gasteiger partial charge on any atom is 0.274 e. The monoisotopic (exact) mass is 485 g/mol. The molecule has 2 aromatic heterocycles. The van der Waals surface area contributed by atoms with E-state index in [4.69, 9.17) is 11.6 Å². The molecule has 4 rings (SSSR count). The number of aryl methyl sites for hydroxylation is 3. The summed E-state index contributed by atoms with van der Waals surface area (Å²) in [5, 5.41) is 5.91. The standard InChI is InChI=1S/C22H20ClN5O4S/c1-12-4-7-16(11-18(12)33(31,32)27-15-8-5-14(23)6-9-15)25-21(29)17-10-13(2)24-20-19(17)22(30)26-28(20)3/h4-11,27H,1-3H3,(H,25,29)(H,26,30). The molecule has 0 saturated carbocycles. The van der Waals surface area contributed by atoms with Gasteiger partial charge in [-0.25, -0.2) is 13.4 Å². The average molecular weight is 486 g/mol. The van der Waals surface area contributed by atoms with E-state index in [0.29, 0.717) is 27.6 Å². The first kappa shape index (κ1) is 22.6. The number of rotatable bonds is 5. The first-order chi connectivity index (χ1) is 15.5. The van der Waals surface area contributed by atoms with Gasteiger partial charge in [-0.3, -0.25) is 24.1 Å². The Balaban J connectivity index is 1.68. The van der Waals surface area contributed by atoms with Crippen molar-refractivity contribution in [1.82, 2.24) is 14.8 Å². The normalized spacial score (nSPS) is 11.5. The lowest BCUT2D eigenvalue weighted by Gasteiger charge is -2.13. The summed E-state index contributed by atoms with van der Waals surface area (Å²) in [6, 6.07) is 12.3. The van der Waals surface area contributed by atoms with E-state index in [1.807, 2.05) is 0 Å². The summed E-state index contributed by atoms with van der Waals surface area (Å²) in [5.74, 6) is -0.555. The van der Waals surface area contributed by atoms with Crippen molar-refractivity contribution in [2.24, 2.45) is 7.05 Å². The summed E-state index contributed by atoms with van der Waals surface area (Å²) in [6.45, 7) is 3.37. The van der Waals surface area contributed by atoms with Gasteiger partial charge in [-0.05, 0) is 61.9 Å². The van der Waals surface area contributed by atoms with Crippen LogP contribution < -0.4 is 15.6 Å². The summed E-state index contributed by atoms with van der Waals surface area (Å²) in [7, 11) is -2.31. The van der Waals surface area contributed by atoms with Crippen LogP contribution in [0.25, 0.3) is 11.0 Å². The van der Waals surface area contributed by atoms with Crippen LogP contribution in [0.5, 0.6) is 0 Å². The highest BCUT2D eigenvalue weighted by Crippen LogP contribution is 2.25. The number of hydrogen-bond acceptors (Lipinski definition) is 5. The number of anilines is 2. The van der Waals surface area contributed by atoms with Crippen molar-refractivity contribution < 1.29 is 13.2 Å². The zero-order valence-electron chi connectivity index (χ0n) is 17.9. The highest BCUT2D eigenvalue weighted by atomic mass is 35.5. The van der Waals surface area contributed by atoms with Gasteiger partial charge in [0.1, 0.15) is 0 Å². The first-order valence-electron chi connectivity index (χ1n) is 9.82. The van der Waals surface area contributed by atoms with Crippen LogP contribution in [0.3, 0.4) is 0 Å². The van der Waals surface area contributed by atoms with Gasteiger partial charge >= 0.3 is 0 Å². The number of benzene rings is 2. The van der Waals surface area contributed by atoms with Gasteiger partial charge < -0.3 is 5.32 Å². The third-order valence-corrected chi connectivity index (χ3v) is 6.79. The Morgan fingerprint density at radius 1 is 1.06 bits per heavy atom. The van der Waals surface area contributed by atoms with Crippen molar-refractivity contribution >= 4 is 49.9 Å². The molecular formula is C22H20ClN5O4S. The Hall–Kier alpha value is -3.63. The predicted octanol–water partition coefficient (Wildman–Crippen LogP) is 3.58.